The van der Waals surface area contributed by atoms with E-state index in [2.05, 4.69) is 11.1 Å². The molecule has 2 aliphatic heterocycles. The summed E-state index contributed by atoms with van der Waals surface area (Å²) in [5, 5.41) is 1.13. The normalized spacial score (nSPS) is 22.5. The average molecular weight is 398 g/mol. The van der Waals surface area contributed by atoms with Crippen LogP contribution < -0.4 is 0 Å². The Kier molecular flexibility index (Phi) is 4.83. The molecule has 1 aromatic heterocycles. The number of H-pyrrole nitrogens is 1. The van der Waals surface area contributed by atoms with Gasteiger partial charge in [-0.2, -0.15) is 0 Å². The number of rotatable bonds is 1. The molecule has 3 heterocycles. The van der Waals surface area contributed by atoms with E-state index in [1.165, 1.54) is 0 Å². The molecule has 0 saturated carbocycles. The third-order valence-corrected chi connectivity index (χ3v) is 6.05. The van der Waals surface area contributed by atoms with Crippen molar-refractivity contribution in [3.05, 3.63) is 35.5 Å². The molecule has 4 rings (SSSR count). The molecule has 156 valence electrons. The van der Waals surface area contributed by atoms with Crippen molar-refractivity contribution in [3.63, 3.8) is 0 Å². The quantitative estimate of drug-likeness (QED) is 0.783. The number of aromatic amines is 1. The van der Waals surface area contributed by atoms with Gasteiger partial charge < -0.3 is 14.6 Å². The summed E-state index contributed by atoms with van der Waals surface area (Å²) in [7, 11) is 0. The second-order valence-corrected chi connectivity index (χ2v) is 9.50. The molecule has 0 radical (unpaired) electrons. The summed E-state index contributed by atoms with van der Waals surface area (Å²) in [4.78, 5) is 33.9. The van der Waals surface area contributed by atoms with Crippen molar-refractivity contribution >= 4 is 22.9 Å². The molecule has 6 heteroatoms. The molecular weight excluding hydrogens is 366 g/mol. The first-order chi connectivity index (χ1) is 13.7. The van der Waals surface area contributed by atoms with Crippen LogP contribution in [0, 0.1) is 0 Å². The zero-order valence-corrected chi connectivity index (χ0v) is 17.9. The highest BCUT2D eigenvalue weighted by Crippen LogP contribution is 2.37. The average Bonchev–Trinajstić information content (AvgIpc) is 3.03. The lowest BCUT2D eigenvalue weighted by Crippen LogP contribution is -2.63. The molecule has 1 aromatic carbocycles. The van der Waals surface area contributed by atoms with Crippen LogP contribution in [0.15, 0.2) is 24.3 Å². The van der Waals surface area contributed by atoms with Crippen molar-refractivity contribution < 1.29 is 14.3 Å². The van der Waals surface area contributed by atoms with Crippen molar-refractivity contribution in [2.75, 3.05) is 13.1 Å². The first-order valence-corrected chi connectivity index (χ1v) is 10.6. The summed E-state index contributed by atoms with van der Waals surface area (Å²) >= 11 is 0. The van der Waals surface area contributed by atoms with Crippen LogP contribution in [0.4, 0.5) is 4.79 Å². The Morgan fingerprint density at radius 3 is 2.48 bits per heavy atom. The van der Waals surface area contributed by atoms with Gasteiger partial charge >= 0.3 is 6.09 Å². The summed E-state index contributed by atoms with van der Waals surface area (Å²) in [6, 6.07) is 8.13. The van der Waals surface area contributed by atoms with Gasteiger partial charge in [-0.15, -0.1) is 0 Å². The molecule has 0 aliphatic carbocycles. The summed E-state index contributed by atoms with van der Waals surface area (Å²) in [6.07, 6.45) is 3.25. The van der Waals surface area contributed by atoms with Crippen LogP contribution in [-0.2, 0) is 22.5 Å². The summed E-state index contributed by atoms with van der Waals surface area (Å²) in [5.41, 5.74) is 1.58. The number of hydrogen-bond acceptors (Lipinski definition) is 3. The first-order valence-electron chi connectivity index (χ1n) is 10.6. The fourth-order valence-corrected chi connectivity index (χ4v) is 4.58. The number of nitrogens with one attached hydrogen (secondary N) is 1. The van der Waals surface area contributed by atoms with Crippen LogP contribution >= 0.6 is 0 Å². The number of carbonyl (C=O) groups is 2. The Balaban J connectivity index is 1.75. The molecule has 0 spiro atoms. The van der Waals surface area contributed by atoms with E-state index in [-0.39, 0.29) is 5.91 Å². The maximum absolute atomic E-state index is 13.7. The standard InChI is InChI=1S/C23H31N3O3/c1-22(2,3)29-21(28)26-15-19-17(16-10-6-7-11-18(16)24-19)14-23(26,4)20(27)25-12-8-5-9-13-25/h6-7,10-11,24H,5,8-9,12-15H2,1-4H3. The molecule has 2 aromatic rings. The summed E-state index contributed by atoms with van der Waals surface area (Å²) < 4.78 is 5.70. The second-order valence-electron chi connectivity index (χ2n) is 9.50. The molecule has 2 amide bonds. The minimum absolute atomic E-state index is 0.0268. The number of hydrogen-bond donors (Lipinski definition) is 1. The van der Waals surface area contributed by atoms with Crippen LogP contribution in [0.3, 0.4) is 0 Å². The van der Waals surface area contributed by atoms with Crippen molar-refractivity contribution in [1.82, 2.24) is 14.8 Å². The Labute approximate surface area is 172 Å². The number of aromatic nitrogens is 1. The molecule has 1 N–H and O–H groups in total. The lowest BCUT2D eigenvalue weighted by atomic mass is 9.84. The van der Waals surface area contributed by atoms with Gasteiger partial charge in [0.05, 0.1) is 6.54 Å². The van der Waals surface area contributed by atoms with Crippen LogP contribution in [0.1, 0.15) is 58.2 Å². The maximum atomic E-state index is 13.7. The van der Waals surface area contributed by atoms with Gasteiger partial charge in [-0.25, -0.2) is 4.79 Å². The number of para-hydroxylation sites is 1. The Bertz CT molecular complexity index is 936. The Morgan fingerprint density at radius 1 is 1.10 bits per heavy atom. The van der Waals surface area contributed by atoms with E-state index < -0.39 is 17.2 Å². The smallest absolute Gasteiger partial charge is 0.411 e. The number of likely N-dealkylation sites (tertiary alicyclic amines) is 1. The molecule has 1 atom stereocenters. The zero-order chi connectivity index (χ0) is 20.8. The largest absolute Gasteiger partial charge is 0.444 e. The maximum Gasteiger partial charge on any atom is 0.411 e. The number of amides is 2. The van der Waals surface area contributed by atoms with E-state index in [4.69, 9.17) is 4.74 Å². The van der Waals surface area contributed by atoms with Crippen LogP contribution in [-0.4, -0.2) is 51.0 Å². The number of nitrogens with zero attached hydrogens (tertiary/aromatic N) is 2. The number of fused-ring (bicyclic) bond motifs is 3. The topological polar surface area (TPSA) is 65.6 Å². The fourth-order valence-electron chi connectivity index (χ4n) is 4.58. The van der Waals surface area contributed by atoms with E-state index in [1.807, 2.05) is 50.8 Å². The van der Waals surface area contributed by atoms with Gasteiger partial charge in [-0.05, 0) is 58.6 Å². The van der Waals surface area contributed by atoms with Gasteiger partial charge in [0.25, 0.3) is 0 Å². The molecule has 6 nitrogen and oxygen atoms in total. The van der Waals surface area contributed by atoms with Gasteiger partial charge in [0.1, 0.15) is 11.1 Å². The highest BCUT2D eigenvalue weighted by Gasteiger charge is 2.49. The lowest BCUT2D eigenvalue weighted by molar-refractivity contribution is -0.145. The third kappa shape index (κ3) is 3.61. The fraction of sp³-hybridized carbons (Fsp3) is 0.565. The first kappa shape index (κ1) is 19.8. The van der Waals surface area contributed by atoms with Crippen molar-refractivity contribution in [3.8, 4) is 0 Å². The molecule has 29 heavy (non-hydrogen) atoms. The molecular formula is C23H31N3O3. The number of benzene rings is 1. The molecule has 1 unspecified atom stereocenters. The number of ether oxygens (including phenoxy) is 1. The Hall–Kier alpha value is -2.50. The molecule has 0 bridgehead atoms. The van der Waals surface area contributed by atoms with Crippen LogP contribution in [0.25, 0.3) is 10.9 Å². The van der Waals surface area contributed by atoms with Gasteiger partial charge in [-0.3, -0.25) is 9.69 Å². The lowest BCUT2D eigenvalue weighted by Gasteiger charge is -2.46. The van der Waals surface area contributed by atoms with Crippen LogP contribution in [0.5, 0.6) is 0 Å². The highest BCUT2D eigenvalue weighted by atomic mass is 16.6. The minimum Gasteiger partial charge on any atom is -0.444 e. The number of piperidine rings is 1. The van der Waals surface area contributed by atoms with Gasteiger partial charge in [0.2, 0.25) is 5.91 Å². The summed E-state index contributed by atoms with van der Waals surface area (Å²) in [6.45, 7) is 9.33. The number of carbonyl (C=O) groups excluding carboxylic acids is 2. The van der Waals surface area contributed by atoms with E-state index >= 15 is 0 Å². The molecule has 1 saturated heterocycles. The van der Waals surface area contributed by atoms with Gasteiger partial charge in [0, 0.05) is 36.1 Å². The van der Waals surface area contributed by atoms with Crippen molar-refractivity contribution in [2.45, 2.75) is 71.1 Å². The SMILES string of the molecule is CC(C)(C)OC(=O)N1Cc2[nH]c3ccccc3c2CC1(C)C(=O)N1CCCCC1. The predicted molar refractivity (Wildman–Crippen MR) is 113 cm³/mol. The second kappa shape index (κ2) is 7.08. The van der Waals surface area contributed by atoms with E-state index in [9.17, 15) is 9.59 Å². The van der Waals surface area contributed by atoms with Crippen LogP contribution in [0.2, 0.25) is 0 Å². The van der Waals surface area contributed by atoms with E-state index in [1.54, 1.807) is 4.90 Å². The van der Waals surface area contributed by atoms with Gasteiger partial charge in [0.15, 0.2) is 0 Å². The van der Waals surface area contributed by atoms with Crippen molar-refractivity contribution in [2.24, 2.45) is 0 Å². The summed E-state index contributed by atoms with van der Waals surface area (Å²) in [5.74, 6) is 0.0268. The van der Waals surface area contributed by atoms with Crippen molar-refractivity contribution in [1.29, 1.82) is 0 Å². The predicted octanol–water partition coefficient (Wildman–Crippen LogP) is 4.23. The highest BCUT2D eigenvalue weighted by molar-refractivity contribution is 5.93. The monoisotopic (exact) mass is 397 g/mol. The van der Waals surface area contributed by atoms with Gasteiger partial charge in [-0.1, -0.05) is 18.2 Å². The van der Waals surface area contributed by atoms with E-state index in [0.717, 1.165) is 54.5 Å². The molecule has 1 fully saturated rings. The third-order valence-electron chi connectivity index (χ3n) is 6.05. The zero-order valence-electron chi connectivity index (χ0n) is 17.9. The molecule has 2 aliphatic rings. The minimum atomic E-state index is -0.961. The van der Waals surface area contributed by atoms with E-state index in [0.29, 0.717) is 13.0 Å². The Morgan fingerprint density at radius 2 is 1.79 bits per heavy atom.